The largest absolute Gasteiger partial charge is 0.532 e. The maximum Gasteiger partial charge on any atom is 0.252 e. The summed E-state index contributed by atoms with van der Waals surface area (Å²) in [7, 11) is 2.39. The first-order valence-electron chi connectivity index (χ1n) is 5.68. The SMILES string of the molecule is CC/C=C(\O[Si](C)(C)C(C)(C)C)N(C)C. The quantitative estimate of drug-likeness (QED) is 0.537. The minimum Gasteiger partial charge on any atom is -0.532 e. The fourth-order valence-electron chi connectivity index (χ4n) is 0.905. The van der Waals surface area contributed by atoms with Crippen LogP contribution in [0.25, 0.3) is 0 Å². The molecule has 0 unspecified atom stereocenters. The van der Waals surface area contributed by atoms with Gasteiger partial charge in [-0.2, -0.15) is 0 Å². The lowest BCUT2D eigenvalue weighted by molar-refractivity contribution is 0.260. The molecule has 0 fully saturated rings. The van der Waals surface area contributed by atoms with Crippen LogP contribution >= 0.6 is 0 Å². The van der Waals surface area contributed by atoms with E-state index in [4.69, 9.17) is 4.43 Å². The van der Waals surface area contributed by atoms with E-state index >= 15 is 0 Å². The van der Waals surface area contributed by atoms with E-state index in [0.717, 1.165) is 12.3 Å². The summed E-state index contributed by atoms with van der Waals surface area (Å²) in [6.07, 6.45) is 3.17. The second-order valence-corrected chi connectivity index (χ2v) is 10.4. The molecule has 0 heterocycles. The normalized spacial score (nSPS) is 14.0. The highest BCUT2D eigenvalue weighted by molar-refractivity contribution is 6.74. The van der Waals surface area contributed by atoms with E-state index in [0.29, 0.717) is 0 Å². The Kier molecular flexibility index (Phi) is 4.91. The first-order chi connectivity index (χ1) is 6.62. The summed E-state index contributed by atoms with van der Waals surface area (Å²) in [5.74, 6) is 1.02. The van der Waals surface area contributed by atoms with Gasteiger partial charge in [0.25, 0.3) is 8.32 Å². The molecule has 0 saturated heterocycles. The van der Waals surface area contributed by atoms with Crippen LogP contribution in [0.2, 0.25) is 18.1 Å². The van der Waals surface area contributed by atoms with E-state index in [9.17, 15) is 0 Å². The molecule has 0 saturated carbocycles. The molecule has 0 atom stereocenters. The van der Waals surface area contributed by atoms with Gasteiger partial charge < -0.3 is 9.33 Å². The second kappa shape index (κ2) is 5.06. The standard InChI is InChI=1S/C12H27NOSi/c1-9-10-11(13(5)6)14-15(7,8)12(2,3)4/h10H,9H2,1-8H3/b11-10-. The van der Waals surface area contributed by atoms with Crippen molar-refractivity contribution in [2.24, 2.45) is 0 Å². The lowest BCUT2D eigenvalue weighted by Crippen LogP contribution is -2.42. The Balaban J connectivity index is 4.76. The zero-order valence-electron chi connectivity index (χ0n) is 11.6. The summed E-state index contributed by atoms with van der Waals surface area (Å²) in [6, 6.07) is 0. The monoisotopic (exact) mass is 229 g/mol. The topological polar surface area (TPSA) is 12.5 Å². The lowest BCUT2D eigenvalue weighted by atomic mass is 10.2. The molecule has 0 aromatic carbocycles. The van der Waals surface area contributed by atoms with E-state index in [-0.39, 0.29) is 5.04 Å². The van der Waals surface area contributed by atoms with Crippen molar-refractivity contribution in [2.45, 2.75) is 52.2 Å². The molecule has 90 valence electrons. The fraction of sp³-hybridized carbons (Fsp3) is 0.833. The first-order valence-corrected chi connectivity index (χ1v) is 8.59. The van der Waals surface area contributed by atoms with Crippen molar-refractivity contribution in [3.63, 3.8) is 0 Å². The highest BCUT2D eigenvalue weighted by Gasteiger charge is 2.39. The third-order valence-electron chi connectivity index (χ3n) is 2.99. The lowest BCUT2D eigenvalue weighted by Gasteiger charge is -2.38. The molecule has 15 heavy (non-hydrogen) atoms. The van der Waals surface area contributed by atoms with E-state index in [2.05, 4.69) is 51.8 Å². The third kappa shape index (κ3) is 4.28. The average molecular weight is 229 g/mol. The van der Waals surface area contributed by atoms with Crippen LogP contribution in [0.5, 0.6) is 0 Å². The summed E-state index contributed by atoms with van der Waals surface area (Å²) < 4.78 is 6.23. The van der Waals surface area contributed by atoms with Gasteiger partial charge in [-0.15, -0.1) is 0 Å². The van der Waals surface area contributed by atoms with Crippen LogP contribution in [0, 0.1) is 0 Å². The molecular weight excluding hydrogens is 202 g/mol. The number of nitrogens with zero attached hydrogens (tertiary/aromatic N) is 1. The average Bonchev–Trinajstić information content (AvgIpc) is 2.00. The van der Waals surface area contributed by atoms with E-state index < -0.39 is 8.32 Å². The maximum absolute atomic E-state index is 6.23. The summed E-state index contributed by atoms with van der Waals surface area (Å²) in [6.45, 7) is 13.5. The molecule has 0 aliphatic heterocycles. The molecule has 0 aliphatic carbocycles. The third-order valence-corrected chi connectivity index (χ3v) is 7.32. The highest BCUT2D eigenvalue weighted by Crippen LogP contribution is 2.38. The van der Waals surface area contributed by atoms with Crippen LogP contribution in [0.1, 0.15) is 34.1 Å². The van der Waals surface area contributed by atoms with Gasteiger partial charge in [-0.1, -0.05) is 27.7 Å². The van der Waals surface area contributed by atoms with Crippen molar-refractivity contribution in [1.82, 2.24) is 4.90 Å². The Morgan fingerprint density at radius 1 is 1.27 bits per heavy atom. The van der Waals surface area contributed by atoms with Crippen LogP contribution < -0.4 is 0 Å². The zero-order valence-corrected chi connectivity index (χ0v) is 12.6. The zero-order chi connectivity index (χ0) is 12.3. The molecule has 3 heteroatoms. The van der Waals surface area contributed by atoms with Crippen LogP contribution in [-0.4, -0.2) is 27.3 Å². The number of allylic oxidation sites excluding steroid dienone is 1. The first kappa shape index (κ1) is 14.6. The van der Waals surface area contributed by atoms with E-state index in [1.54, 1.807) is 0 Å². The molecular formula is C12H27NOSi. The Bertz CT molecular complexity index is 226. The molecule has 0 N–H and O–H groups in total. The molecule has 0 aliphatic rings. The molecule has 0 spiro atoms. The predicted molar refractivity (Wildman–Crippen MR) is 70.3 cm³/mol. The fourth-order valence-corrected chi connectivity index (χ4v) is 2.00. The molecule has 2 nitrogen and oxygen atoms in total. The second-order valence-electron chi connectivity index (χ2n) is 5.71. The van der Waals surface area contributed by atoms with Gasteiger partial charge in [0.15, 0.2) is 5.88 Å². The Labute approximate surface area is 96.4 Å². The van der Waals surface area contributed by atoms with Crippen molar-refractivity contribution in [2.75, 3.05) is 14.1 Å². The predicted octanol–water partition coefficient (Wildman–Crippen LogP) is 3.82. The molecule has 0 radical (unpaired) electrons. The van der Waals surface area contributed by atoms with Gasteiger partial charge in [-0.3, -0.25) is 0 Å². The van der Waals surface area contributed by atoms with Crippen molar-refractivity contribution >= 4 is 8.32 Å². The van der Waals surface area contributed by atoms with Crippen molar-refractivity contribution in [3.05, 3.63) is 12.0 Å². The number of hydrogen-bond acceptors (Lipinski definition) is 2. The van der Waals surface area contributed by atoms with Crippen LogP contribution in [0.15, 0.2) is 12.0 Å². The molecule has 0 aromatic heterocycles. The van der Waals surface area contributed by atoms with Crippen molar-refractivity contribution < 1.29 is 4.43 Å². The smallest absolute Gasteiger partial charge is 0.252 e. The van der Waals surface area contributed by atoms with Gasteiger partial charge in [0.1, 0.15) is 0 Å². The number of rotatable bonds is 4. The Morgan fingerprint density at radius 3 is 2.00 bits per heavy atom. The van der Waals surface area contributed by atoms with Crippen LogP contribution in [-0.2, 0) is 4.43 Å². The van der Waals surface area contributed by atoms with Crippen molar-refractivity contribution in [1.29, 1.82) is 0 Å². The summed E-state index contributed by atoms with van der Waals surface area (Å²) >= 11 is 0. The van der Waals surface area contributed by atoms with E-state index in [1.165, 1.54) is 0 Å². The van der Waals surface area contributed by atoms with Crippen molar-refractivity contribution in [3.8, 4) is 0 Å². The van der Waals surface area contributed by atoms with Gasteiger partial charge in [-0.05, 0) is 30.6 Å². The van der Waals surface area contributed by atoms with E-state index in [1.807, 2.05) is 14.1 Å². The maximum atomic E-state index is 6.23. The molecule has 0 rings (SSSR count). The van der Waals surface area contributed by atoms with Gasteiger partial charge in [0.05, 0.1) is 0 Å². The number of hydrogen-bond donors (Lipinski definition) is 0. The molecule has 0 bridgehead atoms. The van der Waals surface area contributed by atoms with Crippen LogP contribution in [0.4, 0.5) is 0 Å². The highest BCUT2D eigenvalue weighted by atomic mass is 28.4. The van der Waals surface area contributed by atoms with Gasteiger partial charge >= 0.3 is 0 Å². The van der Waals surface area contributed by atoms with Gasteiger partial charge in [0.2, 0.25) is 0 Å². The summed E-state index contributed by atoms with van der Waals surface area (Å²) in [5.41, 5.74) is 0. The summed E-state index contributed by atoms with van der Waals surface area (Å²) in [4.78, 5) is 2.06. The molecule has 0 aromatic rings. The Hall–Kier alpha value is -0.443. The van der Waals surface area contributed by atoms with Gasteiger partial charge in [-0.25, -0.2) is 0 Å². The summed E-state index contributed by atoms with van der Waals surface area (Å²) in [5, 5.41) is 0.260. The minimum absolute atomic E-state index is 0.260. The van der Waals surface area contributed by atoms with Gasteiger partial charge in [0, 0.05) is 14.1 Å². The van der Waals surface area contributed by atoms with Crippen LogP contribution in [0.3, 0.4) is 0 Å². The minimum atomic E-state index is -1.68. The molecule has 0 amide bonds. The Morgan fingerprint density at radius 2 is 1.73 bits per heavy atom.